The summed E-state index contributed by atoms with van der Waals surface area (Å²) < 4.78 is 4.91. The minimum absolute atomic E-state index is 0.0350. The van der Waals surface area contributed by atoms with E-state index in [1.165, 1.54) is 0 Å². The molecule has 20 heavy (non-hydrogen) atoms. The van der Waals surface area contributed by atoms with Crippen LogP contribution in [0.5, 0.6) is 0 Å². The van der Waals surface area contributed by atoms with Gasteiger partial charge in [-0.3, -0.25) is 9.59 Å². The van der Waals surface area contributed by atoms with Gasteiger partial charge in [0.2, 0.25) is 5.91 Å². The monoisotopic (exact) mass is 286 g/mol. The average Bonchev–Trinajstić information content (AvgIpc) is 2.42. The van der Waals surface area contributed by atoms with E-state index >= 15 is 0 Å². The van der Waals surface area contributed by atoms with Crippen LogP contribution in [-0.4, -0.2) is 61.3 Å². The van der Waals surface area contributed by atoms with Gasteiger partial charge >= 0.3 is 5.97 Å². The third-order valence-electron chi connectivity index (χ3n) is 4.11. The lowest BCUT2D eigenvalue weighted by molar-refractivity contribution is -0.145. The number of aliphatic carboxylic acids is 1. The summed E-state index contributed by atoms with van der Waals surface area (Å²) >= 11 is 0. The molecule has 0 aliphatic heterocycles. The number of carbonyl (C=O) groups excluding carboxylic acids is 1. The first-order valence-corrected chi connectivity index (χ1v) is 7.20. The predicted molar refractivity (Wildman–Crippen MR) is 75.6 cm³/mol. The molecule has 0 aromatic heterocycles. The van der Waals surface area contributed by atoms with Crippen molar-refractivity contribution in [2.24, 2.45) is 0 Å². The maximum atomic E-state index is 12.2. The van der Waals surface area contributed by atoms with Crippen LogP contribution in [0.3, 0.4) is 0 Å². The molecule has 0 heterocycles. The van der Waals surface area contributed by atoms with Crippen molar-refractivity contribution in [1.82, 2.24) is 10.2 Å². The zero-order valence-corrected chi connectivity index (χ0v) is 12.5. The number of ether oxygens (including phenoxy) is 1. The Morgan fingerprint density at radius 2 is 1.95 bits per heavy atom. The van der Waals surface area contributed by atoms with E-state index in [1.54, 1.807) is 19.1 Å². The van der Waals surface area contributed by atoms with Gasteiger partial charge in [0.15, 0.2) is 0 Å². The molecule has 1 amide bonds. The van der Waals surface area contributed by atoms with Gasteiger partial charge in [0, 0.05) is 20.7 Å². The predicted octanol–water partition coefficient (Wildman–Crippen LogP) is 0.858. The molecule has 0 saturated heterocycles. The average molecular weight is 286 g/mol. The number of carboxylic acids is 1. The largest absolute Gasteiger partial charge is 0.481 e. The second-order valence-electron chi connectivity index (χ2n) is 5.48. The Morgan fingerprint density at radius 1 is 1.30 bits per heavy atom. The van der Waals surface area contributed by atoms with Crippen LogP contribution >= 0.6 is 0 Å². The highest BCUT2D eigenvalue weighted by Crippen LogP contribution is 2.35. The third-order valence-corrected chi connectivity index (χ3v) is 4.11. The van der Waals surface area contributed by atoms with E-state index in [0.29, 0.717) is 13.2 Å². The van der Waals surface area contributed by atoms with Crippen LogP contribution in [0, 0.1) is 0 Å². The molecule has 0 atom stereocenters. The van der Waals surface area contributed by atoms with Crippen molar-refractivity contribution < 1.29 is 19.4 Å². The Hall–Kier alpha value is -1.14. The quantitative estimate of drug-likeness (QED) is 0.647. The van der Waals surface area contributed by atoms with Crippen molar-refractivity contribution in [2.75, 3.05) is 33.9 Å². The molecule has 0 aromatic rings. The minimum Gasteiger partial charge on any atom is -0.481 e. The highest BCUT2D eigenvalue weighted by molar-refractivity contribution is 5.80. The highest BCUT2D eigenvalue weighted by Gasteiger charge is 2.40. The summed E-state index contributed by atoms with van der Waals surface area (Å²) in [6.45, 7) is 1.39. The number of hydrogen-bond donors (Lipinski definition) is 2. The molecule has 6 nitrogen and oxygen atoms in total. The number of methoxy groups -OCH3 is 1. The normalized spacial score (nSPS) is 17.7. The minimum atomic E-state index is -0.834. The van der Waals surface area contributed by atoms with Gasteiger partial charge in [-0.15, -0.1) is 0 Å². The molecule has 6 heteroatoms. The second kappa shape index (κ2) is 8.21. The van der Waals surface area contributed by atoms with Crippen LogP contribution in [0.2, 0.25) is 0 Å². The SMILES string of the molecule is COCCNCC(=O)N(C)C1(CC(=O)O)CCCCC1. The zero-order chi connectivity index (χ0) is 15.0. The molecule has 0 spiro atoms. The highest BCUT2D eigenvalue weighted by atomic mass is 16.5. The number of likely N-dealkylation sites (N-methyl/N-ethyl adjacent to an activating group) is 1. The van der Waals surface area contributed by atoms with Crippen LogP contribution in [-0.2, 0) is 14.3 Å². The van der Waals surface area contributed by atoms with E-state index in [9.17, 15) is 9.59 Å². The van der Waals surface area contributed by atoms with Crippen molar-refractivity contribution in [1.29, 1.82) is 0 Å². The molecule has 0 aromatic carbocycles. The summed E-state index contributed by atoms with van der Waals surface area (Å²) in [5.41, 5.74) is -0.510. The summed E-state index contributed by atoms with van der Waals surface area (Å²) in [6.07, 6.45) is 4.69. The zero-order valence-electron chi connectivity index (χ0n) is 12.5. The number of hydrogen-bond acceptors (Lipinski definition) is 4. The first kappa shape index (κ1) is 16.9. The summed E-state index contributed by atoms with van der Waals surface area (Å²) in [7, 11) is 3.34. The van der Waals surface area contributed by atoms with E-state index in [1.807, 2.05) is 0 Å². The Kier molecular flexibility index (Phi) is 6.95. The Balaban J connectivity index is 2.60. The van der Waals surface area contributed by atoms with Crippen LogP contribution < -0.4 is 5.32 Å². The molecule has 0 radical (unpaired) electrons. The molecule has 116 valence electrons. The van der Waals surface area contributed by atoms with Gasteiger partial charge in [-0.2, -0.15) is 0 Å². The number of nitrogens with one attached hydrogen (secondary N) is 1. The first-order chi connectivity index (χ1) is 9.52. The van der Waals surface area contributed by atoms with Crippen molar-refractivity contribution in [3.8, 4) is 0 Å². The summed E-state index contributed by atoms with van der Waals surface area (Å²) in [6, 6.07) is 0. The van der Waals surface area contributed by atoms with Gasteiger partial charge < -0.3 is 20.1 Å². The van der Waals surface area contributed by atoms with Gasteiger partial charge in [0.25, 0.3) is 0 Å². The number of amides is 1. The van der Waals surface area contributed by atoms with Gasteiger partial charge in [-0.05, 0) is 12.8 Å². The lowest BCUT2D eigenvalue weighted by Gasteiger charge is -2.44. The Labute approximate surface area is 120 Å². The Morgan fingerprint density at radius 3 is 2.50 bits per heavy atom. The van der Waals surface area contributed by atoms with Crippen LogP contribution in [0.25, 0.3) is 0 Å². The maximum Gasteiger partial charge on any atom is 0.305 e. The van der Waals surface area contributed by atoms with Crippen molar-refractivity contribution in [2.45, 2.75) is 44.1 Å². The van der Waals surface area contributed by atoms with Gasteiger partial charge in [0.1, 0.15) is 0 Å². The molecule has 0 bridgehead atoms. The second-order valence-corrected chi connectivity index (χ2v) is 5.48. The molecular weight excluding hydrogens is 260 g/mol. The van der Waals surface area contributed by atoms with Crippen molar-refractivity contribution >= 4 is 11.9 Å². The topological polar surface area (TPSA) is 78.9 Å². The number of carboxylic acid groups (broad SMARTS) is 1. The fourth-order valence-corrected chi connectivity index (χ4v) is 2.87. The smallest absolute Gasteiger partial charge is 0.305 e. The summed E-state index contributed by atoms with van der Waals surface area (Å²) in [5, 5.41) is 12.2. The fraction of sp³-hybridized carbons (Fsp3) is 0.857. The molecule has 1 rings (SSSR count). The number of nitrogens with zero attached hydrogens (tertiary/aromatic N) is 1. The molecule has 1 fully saturated rings. The van der Waals surface area contributed by atoms with Gasteiger partial charge in [-0.25, -0.2) is 0 Å². The lowest BCUT2D eigenvalue weighted by atomic mass is 9.78. The number of rotatable bonds is 8. The van der Waals surface area contributed by atoms with E-state index in [0.717, 1.165) is 32.1 Å². The standard InChI is InChI=1S/C14H26N2O4/c1-16(12(17)11-15-8-9-20-2)14(10-13(18)19)6-4-3-5-7-14/h15H,3-11H2,1-2H3,(H,18,19). The van der Waals surface area contributed by atoms with Crippen molar-refractivity contribution in [3.05, 3.63) is 0 Å². The molecule has 1 aliphatic rings. The van der Waals surface area contributed by atoms with Crippen molar-refractivity contribution in [3.63, 3.8) is 0 Å². The fourth-order valence-electron chi connectivity index (χ4n) is 2.87. The van der Waals surface area contributed by atoms with Crippen LogP contribution in [0.15, 0.2) is 0 Å². The van der Waals surface area contributed by atoms with Gasteiger partial charge in [0.05, 0.1) is 25.1 Å². The molecule has 1 aliphatic carbocycles. The van der Waals surface area contributed by atoms with Gasteiger partial charge in [-0.1, -0.05) is 19.3 Å². The van der Waals surface area contributed by atoms with E-state index < -0.39 is 11.5 Å². The molecular formula is C14H26N2O4. The first-order valence-electron chi connectivity index (χ1n) is 7.20. The maximum absolute atomic E-state index is 12.2. The third kappa shape index (κ3) is 4.76. The van der Waals surface area contributed by atoms with E-state index in [-0.39, 0.29) is 18.9 Å². The summed E-state index contributed by atoms with van der Waals surface area (Å²) in [4.78, 5) is 25.0. The Bertz CT molecular complexity index is 327. The summed E-state index contributed by atoms with van der Waals surface area (Å²) in [5.74, 6) is -0.886. The number of carbonyl (C=O) groups is 2. The molecule has 1 saturated carbocycles. The lowest BCUT2D eigenvalue weighted by Crippen LogP contribution is -2.54. The molecule has 2 N–H and O–H groups in total. The van der Waals surface area contributed by atoms with E-state index in [4.69, 9.17) is 9.84 Å². The molecule has 0 unspecified atom stereocenters. The van der Waals surface area contributed by atoms with Crippen LogP contribution in [0.4, 0.5) is 0 Å². The van der Waals surface area contributed by atoms with E-state index in [2.05, 4.69) is 5.32 Å². The van der Waals surface area contributed by atoms with Crippen LogP contribution in [0.1, 0.15) is 38.5 Å².